The second-order valence-corrected chi connectivity index (χ2v) is 5.29. The van der Waals surface area contributed by atoms with Crippen molar-refractivity contribution < 1.29 is 0 Å². The van der Waals surface area contributed by atoms with Crippen LogP contribution >= 0.6 is 0 Å². The average Bonchev–Trinajstić information content (AvgIpc) is 2.46. The van der Waals surface area contributed by atoms with Crippen LogP contribution in [0.25, 0.3) is 11.8 Å². The second-order valence-electron chi connectivity index (χ2n) is 5.29. The standard InChI is InChI=1S/C19H18N2/c1-14-10-11-20-19(12-14)21-18-9-5-8-16-6-3-4-7-17(16)13-15(18)2/h3-7,10-13H,9H2,1-2H3,(H,20,21)/b17-13-,18-15+. The maximum Gasteiger partial charge on any atom is 0.130 e. The molecule has 0 saturated heterocycles. The maximum atomic E-state index is 4.37. The minimum absolute atomic E-state index is 0.826. The zero-order chi connectivity index (χ0) is 14.7. The number of nitrogens with zero attached hydrogens (tertiary/aromatic N) is 1. The van der Waals surface area contributed by atoms with E-state index < -0.39 is 0 Å². The number of benzene rings is 1. The molecule has 1 aromatic carbocycles. The quantitative estimate of drug-likeness (QED) is 0.911. The lowest BCUT2D eigenvalue weighted by molar-refractivity contribution is 1.15. The zero-order valence-corrected chi connectivity index (χ0v) is 12.4. The molecule has 0 spiro atoms. The molecule has 1 aliphatic rings. The van der Waals surface area contributed by atoms with Gasteiger partial charge in [0.2, 0.25) is 0 Å². The third-order valence-electron chi connectivity index (χ3n) is 3.57. The van der Waals surface area contributed by atoms with E-state index in [0.29, 0.717) is 0 Å². The minimum Gasteiger partial charge on any atom is -0.343 e. The summed E-state index contributed by atoms with van der Waals surface area (Å²) in [6.45, 7) is 4.20. The fraction of sp³-hybridized carbons (Fsp3) is 0.158. The van der Waals surface area contributed by atoms with Gasteiger partial charge in [0.15, 0.2) is 0 Å². The van der Waals surface area contributed by atoms with Gasteiger partial charge >= 0.3 is 0 Å². The van der Waals surface area contributed by atoms with Crippen molar-refractivity contribution in [3.8, 4) is 0 Å². The van der Waals surface area contributed by atoms with E-state index in [1.165, 1.54) is 16.4 Å². The lowest BCUT2D eigenvalue weighted by Gasteiger charge is -2.12. The van der Waals surface area contributed by atoms with Crippen LogP contribution in [0.1, 0.15) is 18.9 Å². The smallest absolute Gasteiger partial charge is 0.130 e. The van der Waals surface area contributed by atoms with Gasteiger partial charge in [-0.1, -0.05) is 18.2 Å². The lowest BCUT2D eigenvalue weighted by atomic mass is 10.1. The Kier molecular flexibility index (Phi) is 3.72. The number of aromatic nitrogens is 1. The third-order valence-corrected chi connectivity index (χ3v) is 3.57. The summed E-state index contributed by atoms with van der Waals surface area (Å²) in [5.74, 6) is 0.889. The number of rotatable bonds is 2. The normalized spacial score (nSPS) is 18.7. The number of pyridine rings is 1. The molecule has 0 atom stereocenters. The number of hydrogen-bond donors (Lipinski definition) is 1. The molecular weight excluding hydrogens is 256 g/mol. The Morgan fingerprint density at radius 3 is 2.86 bits per heavy atom. The number of hydrogen-bond acceptors (Lipinski definition) is 2. The van der Waals surface area contributed by atoms with Crippen LogP contribution in [0.4, 0.5) is 5.82 Å². The molecule has 0 amide bonds. The van der Waals surface area contributed by atoms with Gasteiger partial charge in [-0.3, -0.25) is 0 Å². The van der Waals surface area contributed by atoms with Gasteiger partial charge in [0.25, 0.3) is 0 Å². The monoisotopic (exact) mass is 274 g/mol. The van der Waals surface area contributed by atoms with Gasteiger partial charge in [-0.15, -0.1) is 5.73 Å². The molecule has 2 heteroatoms. The highest BCUT2D eigenvalue weighted by molar-refractivity contribution is 5.56. The Hall–Kier alpha value is -2.57. The van der Waals surface area contributed by atoms with Crippen molar-refractivity contribution in [3.05, 3.63) is 75.9 Å². The minimum atomic E-state index is 0.826. The summed E-state index contributed by atoms with van der Waals surface area (Å²) in [5.41, 5.74) is 6.95. The first kappa shape index (κ1) is 13.4. The van der Waals surface area contributed by atoms with Crippen LogP contribution in [-0.2, 0) is 0 Å². The van der Waals surface area contributed by atoms with Crippen LogP contribution in [0.5, 0.6) is 0 Å². The van der Waals surface area contributed by atoms with Gasteiger partial charge in [0.1, 0.15) is 5.82 Å². The van der Waals surface area contributed by atoms with Crippen molar-refractivity contribution in [2.45, 2.75) is 20.3 Å². The lowest BCUT2D eigenvalue weighted by Crippen LogP contribution is -2.23. The van der Waals surface area contributed by atoms with Gasteiger partial charge in [-0.05, 0) is 60.6 Å². The van der Waals surface area contributed by atoms with E-state index in [1.807, 2.05) is 18.3 Å². The van der Waals surface area contributed by atoms with E-state index >= 15 is 0 Å². The molecular formula is C19H18N2. The van der Waals surface area contributed by atoms with E-state index in [2.05, 4.69) is 66.3 Å². The van der Waals surface area contributed by atoms with Crippen LogP contribution in [0.2, 0.25) is 0 Å². The van der Waals surface area contributed by atoms with Crippen molar-refractivity contribution in [2.24, 2.45) is 0 Å². The highest BCUT2D eigenvalue weighted by Crippen LogP contribution is 2.15. The molecule has 3 rings (SSSR count). The average molecular weight is 274 g/mol. The molecule has 0 radical (unpaired) electrons. The highest BCUT2D eigenvalue weighted by Gasteiger charge is 2.03. The Morgan fingerprint density at radius 1 is 1.14 bits per heavy atom. The van der Waals surface area contributed by atoms with Crippen molar-refractivity contribution in [3.63, 3.8) is 0 Å². The predicted octanol–water partition coefficient (Wildman–Crippen LogP) is 2.90. The molecule has 0 fully saturated rings. The van der Waals surface area contributed by atoms with Gasteiger partial charge < -0.3 is 5.32 Å². The molecule has 2 nitrogen and oxygen atoms in total. The Bertz CT molecular complexity index is 853. The third kappa shape index (κ3) is 3.13. The van der Waals surface area contributed by atoms with Crippen molar-refractivity contribution in [1.82, 2.24) is 4.98 Å². The Morgan fingerprint density at radius 2 is 2.00 bits per heavy atom. The first-order valence-electron chi connectivity index (χ1n) is 7.14. The van der Waals surface area contributed by atoms with E-state index in [1.54, 1.807) is 0 Å². The summed E-state index contributed by atoms with van der Waals surface area (Å²) in [6.07, 6.45) is 6.94. The number of fused-ring (bicyclic) bond motifs is 1. The summed E-state index contributed by atoms with van der Waals surface area (Å²) in [5, 5.41) is 5.78. The molecule has 104 valence electrons. The van der Waals surface area contributed by atoms with Gasteiger partial charge in [-0.25, -0.2) is 4.98 Å². The van der Waals surface area contributed by atoms with E-state index in [9.17, 15) is 0 Å². The Balaban J connectivity index is 2.03. The SMILES string of the molecule is CC1=C(\Nc2cc(C)ccn2)CC=C=c2cccc\c2=C\1. The zero-order valence-electron chi connectivity index (χ0n) is 12.4. The molecule has 0 bridgehead atoms. The Labute approximate surface area is 124 Å². The van der Waals surface area contributed by atoms with E-state index in [0.717, 1.165) is 23.2 Å². The molecule has 1 heterocycles. The van der Waals surface area contributed by atoms with Gasteiger partial charge in [0, 0.05) is 23.5 Å². The molecule has 21 heavy (non-hydrogen) atoms. The number of nitrogens with one attached hydrogen (secondary N) is 1. The molecule has 0 aliphatic heterocycles. The van der Waals surface area contributed by atoms with Crippen molar-refractivity contribution >= 4 is 17.6 Å². The fourth-order valence-corrected chi connectivity index (χ4v) is 2.41. The molecule has 1 aromatic heterocycles. The van der Waals surface area contributed by atoms with Crippen LogP contribution in [0.15, 0.2) is 59.9 Å². The topological polar surface area (TPSA) is 24.9 Å². The molecule has 0 saturated carbocycles. The summed E-state index contributed by atoms with van der Waals surface area (Å²) in [7, 11) is 0. The van der Waals surface area contributed by atoms with Crippen LogP contribution in [0.3, 0.4) is 0 Å². The van der Waals surface area contributed by atoms with Crippen molar-refractivity contribution in [2.75, 3.05) is 5.32 Å². The number of anilines is 1. The summed E-state index contributed by atoms with van der Waals surface area (Å²) in [6, 6.07) is 12.4. The van der Waals surface area contributed by atoms with Gasteiger partial charge in [-0.2, -0.15) is 0 Å². The second kappa shape index (κ2) is 5.82. The number of allylic oxidation sites excluding steroid dienone is 2. The summed E-state index contributed by atoms with van der Waals surface area (Å²) in [4.78, 5) is 4.37. The van der Waals surface area contributed by atoms with Crippen molar-refractivity contribution in [1.29, 1.82) is 0 Å². The number of aryl methyl sites for hydroxylation is 1. The summed E-state index contributed by atoms with van der Waals surface area (Å²) < 4.78 is 0. The fourth-order valence-electron chi connectivity index (χ4n) is 2.41. The summed E-state index contributed by atoms with van der Waals surface area (Å²) >= 11 is 0. The van der Waals surface area contributed by atoms with E-state index in [4.69, 9.17) is 0 Å². The molecule has 1 N–H and O–H groups in total. The van der Waals surface area contributed by atoms with Crippen LogP contribution in [-0.4, -0.2) is 4.98 Å². The van der Waals surface area contributed by atoms with E-state index in [-0.39, 0.29) is 0 Å². The molecule has 0 unspecified atom stereocenters. The van der Waals surface area contributed by atoms with Crippen LogP contribution in [0, 0.1) is 6.92 Å². The largest absolute Gasteiger partial charge is 0.343 e. The van der Waals surface area contributed by atoms with Gasteiger partial charge in [0.05, 0.1) is 0 Å². The maximum absolute atomic E-state index is 4.37. The molecule has 2 aromatic rings. The molecule has 1 aliphatic carbocycles. The van der Waals surface area contributed by atoms with Crippen LogP contribution < -0.4 is 15.8 Å². The first-order chi connectivity index (χ1) is 10.2. The predicted molar refractivity (Wildman–Crippen MR) is 88.0 cm³/mol. The first-order valence-corrected chi connectivity index (χ1v) is 7.14. The highest BCUT2D eigenvalue weighted by atomic mass is 15.0.